The maximum atomic E-state index is 12.7. The summed E-state index contributed by atoms with van der Waals surface area (Å²) in [6.07, 6.45) is 0.987. The molecule has 2 amide bonds. The van der Waals surface area contributed by atoms with Gasteiger partial charge in [-0.3, -0.25) is 4.79 Å². The normalized spacial score (nSPS) is 14.8. The maximum absolute atomic E-state index is 12.7. The molecule has 172 valence electrons. The molecule has 0 atom stereocenters. The fraction of sp³-hybridized carbons (Fsp3) is 0.462. The Morgan fingerprint density at radius 1 is 0.938 bits per heavy atom. The molecule has 32 heavy (non-hydrogen) atoms. The maximum Gasteiger partial charge on any atom is 0.410 e. The minimum absolute atomic E-state index is 0.0360. The lowest BCUT2D eigenvalue weighted by Gasteiger charge is -2.33. The molecule has 1 aliphatic rings. The Morgan fingerprint density at radius 3 is 2.22 bits per heavy atom. The topological polar surface area (TPSA) is 67.9 Å². The highest BCUT2D eigenvalue weighted by Crippen LogP contribution is 2.20. The van der Waals surface area contributed by atoms with Crippen LogP contribution in [0.1, 0.15) is 50.3 Å². The predicted molar refractivity (Wildman–Crippen MR) is 124 cm³/mol. The smallest absolute Gasteiger partial charge is 0.410 e. The van der Waals surface area contributed by atoms with Crippen LogP contribution in [0.3, 0.4) is 0 Å². The highest BCUT2D eigenvalue weighted by molar-refractivity contribution is 5.79. The lowest BCUT2D eigenvalue weighted by molar-refractivity contribution is -0.126. The number of nitrogens with one attached hydrogen (secondary N) is 1. The van der Waals surface area contributed by atoms with Gasteiger partial charge in [0, 0.05) is 25.6 Å². The third-order valence-corrected chi connectivity index (χ3v) is 5.46. The number of carbonyl (C=O) groups excluding carboxylic acids is 2. The van der Waals surface area contributed by atoms with Crippen molar-refractivity contribution in [1.82, 2.24) is 10.2 Å². The van der Waals surface area contributed by atoms with E-state index >= 15 is 0 Å². The van der Waals surface area contributed by atoms with Crippen molar-refractivity contribution in [3.05, 3.63) is 71.3 Å². The first-order valence-electron chi connectivity index (χ1n) is 11.3. The van der Waals surface area contributed by atoms with Gasteiger partial charge >= 0.3 is 6.09 Å². The summed E-state index contributed by atoms with van der Waals surface area (Å²) in [6, 6.07) is 18.1. The van der Waals surface area contributed by atoms with Gasteiger partial charge in [-0.25, -0.2) is 4.79 Å². The second-order valence-electron chi connectivity index (χ2n) is 9.21. The summed E-state index contributed by atoms with van der Waals surface area (Å²) in [5.74, 6) is -0.0518. The van der Waals surface area contributed by atoms with Crippen LogP contribution in [-0.2, 0) is 34.0 Å². The summed E-state index contributed by atoms with van der Waals surface area (Å²) >= 11 is 0. The molecule has 6 nitrogen and oxygen atoms in total. The molecule has 0 radical (unpaired) electrons. The number of nitrogens with zero attached hydrogens (tertiary/aromatic N) is 1. The van der Waals surface area contributed by atoms with Crippen LogP contribution < -0.4 is 5.32 Å². The molecule has 6 heteroatoms. The van der Waals surface area contributed by atoms with Crippen molar-refractivity contribution in [1.29, 1.82) is 0 Å². The van der Waals surface area contributed by atoms with Crippen molar-refractivity contribution >= 4 is 12.0 Å². The Morgan fingerprint density at radius 2 is 1.56 bits per heavy atom. The zero-order valence-corrected chi connectivity index (χ0v) is 19.3. The molecule has 0 saturated carbocycles. The second kappa shape index (κ2) is 11.1. The van der Waals surface area contributed by atoms with Crippen LogP contribution in [0.15, 0.2) is 54.6 Å². The molecule has 1 fully saturated rings. The highest BCUT2D eigenvalue weighted by Gasteiger charge is 2.29. The van der Waals surface area contributed by atoms with Gasteiger partial charge in [0.25, 0.3) is 0 Å². The van der Waals surface area contributed by atoms with Crippen LogP contribution in [-0.4, -0.2) is 35.6 Å². The standard InChI is InChI=1S/C26H34N2O4/c1-26(2,3)32-25(30)28-15-13-21(14-16-28)24(29)27-17-22-11-7-8-12-23(22)19-31-18-20-9-5-4-6-10-20/h4-12,21H,13-19H2,1-3H3,(H,27,29). The number of ether oxygens (including phenoxy) is 2. The lowest BCUT2D eigenvalue weighted by atomic mass is 9.96. The Balaban J connectivity index is 1.44. The highest BCUT2D eigenvalue weighted by atomic mass is 16.6. The Hall–Kier alpha value is -2.86. The molecule has 2 aromatic carbocycles. The van der Waals surface area contributed by atoms with Crippen molar-refractivity contribution in [2.45, 2.75) is 59.0 Å². The van der Waals surface area contributed by atoms with Gasteiger partial charge in [-0.15, -0.1) is 0 Å². The molecular weight excluding hydrogens is 404 g/mol. The van der Waals surface area contributed by atoms with Gasteiger partial charge in [0.2, 0.25) is 5.91 Å². The molecule has 1 N–H and O–H groups in total. The zero-order chi connectivity index (χ0) is 23.0. The average molecular weight is 439 g/mol. The molecule has 1 aliphatic heterocycles. The summed E-state index contributed by atoms with van der Waals surface area (Å²) in [5, 5.41) is 3.07. The van der Waals surface area contributed by atoms with Crippen molar-refractivity contribution in [2.75, 3.05) is 13.1 Å². The van der Waals surface area contributed by atoms with Gasteiger partial charge in [0.1, 0.15) is 5.60 Å². The molecule has 1 heterocycles. The third kappa shape index (κ3) is 7.38. The van der Waals surface area contributed by atoms with Crippen molar-refractivity contribution in [2.24, 2.45) is 5.92 Å². The van der Waals surface area contributed by atoms with E-state index in [1.165, 1.54) is 0 Å². The monoisotopic (exact) mass is 438 g/mol. The van der Waals surface area contributed by atoms with Crippen LogP contribution in [0.4, 0.5) is 4.79 Å². The fourth-order valence-electron chi connectivity index (χ4n) is 3.70. The Kier molecular flexibility index (Phi) is 8.28. The Labute approximate surface area is 190 Å². The number of hydrogen-bond acceptors (Lipinski definition) is 4. The molecule has 1 saturated heterocycles. The number of likely N-dealkylation sites (tertiary alicyclic amines) is 1. The van der Waals surface area contributed by atoms with Crippen LogP contribution in [0.5, 0.6) is 0 Å². The average Bonchev–Trinajstić information content (AvgIpc) is 2.78. The fourth-order valence-corrected chi connectivity index (χ4v) is 3.70. The van der Waals surface area contributed by atoms with E-state index < -0.39 is 5.60 Å². The molecular formula is C26H34N2O4. The third-order valence-electron chi connectivity index (χ3n) is 5.46. The van der Waals surface area contributed by atoms with E-state index in [2.05, 4.69) is 5.32 Å². The van der Waals surface area contributed by atoms with Gasteiger partial charge < -0.3 is 19.7 Å². The lowest BCUT2D eigenvalue weighted by Crippen LogP contribution is -2.44. The first-order valence-corrected chi connectivity index (χ1v) is 11.3. The SMILES string of the molecule is CC(C)(C)OC(=O)N1CCC(C(=O)NCc2ccccc2COCc2ccccc2)CC1. The predicted octanol–water partition coefficient (Wildman–Crippen LogP) is 4.67. The quantitative estimate of drug-likeness (QED) is 0.682. The summed E-state index contributed by atoms with van der Waals surface area (Å²) in [5.41, 5.74) is 2.75. The van der Waals surface area contributed by atoms with Gasteiger partial charge in [0.05, 0.1) is 13.2 Å². The van der Waals surface area contributed by atoms with Crippen LogP contribution >= 0.6 is 0 Å². The van der Waals surface area contributed by atoms with Gasteiger partial charge in [-0.05, 0) is 50.3 Å². The summed E-state index contributed by atoms with van der Waals surface area (Å²) in [7, 11) is 0. The zero-order valence-electron chi connectivity index (χ0n) is 19.3. The number of rotatable bonds is 7. The van der Waals surface area contributed by atoms with Crippen LogP contribution in [0.2, 0.25) is 0 Å². The van der Waals surface area contributed by atoms with Crippen molar-refractivity contribution in [3.8, 4) is 0 Å². The van der Waals surface area contributed by atoms with Crippen LogP contribution in [0.25, 0.3) is 0 Å². The molecule has 0 spiro atoms. The number of piperidine rings is 1. The number of carbonyl (C=O) groups is 2. The number of hydrogen-bond donors (Lipinski definition) is 1. The minimum Gasteiger partial charge on any atom is -0.444 e. The van der Waals surface area contributed by atoms with Crippen molar-refractivity contribution < 1.29 is 19.1 Å². The summed E-state index contributed by atoms with van der Waals surface area (Å²) in [6.45, 7) is 8.16. The van der Waals surface area contributed by atoms with E-state index in [1.54, 1.807) is 4.90 Å². The summed E-state index contributed by atoms with van der Waals surface area (Å²) in [4.78, 5) is 26.6. The molecule has 0 aromatic heterocycles. The van der Waals surface area contributed by atoms with E-state index in [9.17, 15) is 9.59 Å². The first kappa shape index (κ1) is 23.8. The molecule has 0 bridgehead atoms. The molecule has 0 aliphatic carbocycles. The van der Waals surface area contributed by atoms with Gasteiger partial charge in [-0.1, -0.05) is 54.6 Å². The minimum atomic E-state index is -0.510. The first-order chi connectivity index (χ1) is 15.3. The summed E-state index contributed by atoms with van der Waals surface area (Å²) < 4.78 is 11.3. The molecule has 3 rings (SSSR count). The largest absolute Gasteiger partial charge is 0.444 e. The van der Waals surface area contributed by atoms with Gasteiger partial charge in [0.15, 0.2) is 0 Å². The second-order valence-corrected chi connectivity index (χ2v) is 9.21. The van der Waals surface area contributed by atoms with Gasteiger partial charge in [-0.2, -0.15) is 0 Å². The molecule has 0 unspecified atom stereocenters. The van der Waals surface area contributed by atoms with E-state index in [4.69, 9.17) is 9.47 Å². The van der Waals surface area contributed by atoms with E-state index in [0.29, 0.717) is 45.7 Å². The van der Waals surface area contributed by atoms with E-state index in [1.807, 2.05) is 75.4 Å². The van der Waals surface area contributed by atoms with E-state index in [0.717, 1.165) is 16.7 Å². The number of benzene rings is 2. The van der Waals surface area contributed by atoms with Crippen molar-refractivity contribution in [3.63, 3.8) is 0 Å². The number of amides is 2. The Bertz CT molecular complexity index is 884. The van der Waals surface area contributed by atoms with Crippen LogP contribution in [0, 0.1) is 5.92 Å². The molecule has 2 aromatic rings. The van der Waals surface area contributed by atoms with E-state index in [-0.39, 0.29) is 17.9 Å².